The molecule has 1 aliphatic carbocycles. The molecule has 122 valence electrons. The monoisotopic (exact) mass is 313 g/mol. The highest BCUT2D eigenvalue weighted by Crippen LogP contribution is 2.24. The third-order valence-electron chi connectivity index (χ3n) is 4.16. The van der Waals surface area contributed by atoms with Crippen LogP contribution < -0.4 is 16.4 Å². The fourth-order valence-electron chi connectivity index (χ4n) is 2.74. The second kappa shape index (κ2) is 6.83. The zero-order valence-corrected chi connectivity index (χ0v) is 13.3. The predicted octanol–water partition coefficient (Wildman–Crippen LogP) is 2.83. The van der Waals surface area contributed by atoms with Crippen molar-refractivity contribution in [3.05, 3.63) is 36.0 Å². The Hall–Kier alpha value is -2.34. The van der Waals surface area contributed by atoms with E-state index in [1.807, 2.05) is 31.2 Å². The van der Waals surface area contributed by atoms with Crippen molar-refractivity contribution in [1.82, 2.24) is 9.97 Å². The molecule has 0 radical (unpaired) electrons. The molecule has 1 fully saturated rings. The van der Waals surface area contributed by atoms with Gasteiger partial charge in [-0.1, -0.05) is 17.7 Å². The number of nitrogen functional groups attached to an aromatic ring is 1. The average molecular weight is 313 g/mol. The largest absolute Gasteiger partial charge is 0.394 e. The number of anilines is 4. The molecule has 0 unspecified atom stereocenters. The Kier molecular flexibility index (Phi) is 4.62. The SMILES string of the molecule is Cc1ccc(Nc2nc(NC3CCC(O)CC3)ncc2N)cc1. The van der Waals surface area contributed by atoms with Crippen molar-refractivity contribution in [2.75, 3.05) is 16.4 Å². The van der Waals surface area contributed by atoms with E-state index >= 15 is 0 Å². The smallest absolute Gasteiger partial charge is 0.224 e. The lowest BCUT2D eigenvalue weighted by atomic mass is 9.93. The number of hydrogen-bond acceptors (Lipinski definition) is 6. The minimum atomic E-state index is -0.167. The summed E-state index contributed by atoms with van der Waals surface area (Å²) in [5.41, 5.74) is 8.62. The molecule has 1 aliphatic rings. The third kappa shape index (κ3) is 4.10. The molecule has 0 amide bonds. The van der Waals surface area contributed by atoms with Gasteiger partial charge in [-0.15, -0.1) is 0 Å². The van der Waals surface area contributed by atoms with Crippen LogP contribution in [-0.2, 0) is 0 Å². The van der Waals surface area contributed by atoms with Crippen LogP contribution in [0.5, 0.6) is 0 Å². The van der Waals surface area contributed by atoms with Crippen LogP contribution in [-0.4, -0.2) is 27.2 Å². The number of aliphatic hydroxyl groups excluding tert-OH is 1. The lowest BCUT2D eigenvalue weighted by molar-refractivity contribution is 0.126. The minimum absolute atomic E-state index is 0.167. The molecule has 6 nitrogen and oxygen atoms in total. The summed E-state index contributed by atoms with van der Waals surface area (Å²) < 4.78 is 0. The highest BCUT2D eigenvalue weighted by molar-refractivity contribution is 5.69. The molecule has 1 heterocycles. The maximum absolute atomic E-state index is 9.57. The molecule has 0 spiro atoms. The van der Waals surface area contributed by atoms with Crippen molar-refractivity contribution in [3.63, 3.8) is 0 Å². The van der Waals surface area contributed by atoms with Gasteiger partial charge >= 0.3 is 0 Å². The summed E-state index contributed by atoms with van der Waals surface area (Å²) in [5, 5.41) is 16.1. The zero-order valence-electron chi connectivity index (χ0n) is 13.3. The topological polar surface area (TPSA) is 96.1 Å². The quantitative estimate of drug-likeness (QED) is 0.693. The fourth-order valence-corrected chi connectivity index (χ4v) is 2.74. The first-order valence-corrected chi connectivity index (χ1v) is 8.01. The molecule has 23 heavy (non-hydrogen) atoms. The maximum atomic E-state index is 9.57. The van der Waals surface area contributed by atoms with Gasteiger partial charge in [0, 0.05) is 11.7 Å². The summed E-state index contributed by atoms with van der Waals surface area (Å²) >= 11 is 0. The highest BCUT2D eigenvalue weighted by atomic mass is 16.3. The fraction of sp³-hybridized carbons (Fsp3) is 0.412. The van der Waals surface area contributed by atoms with Crippen LogP contribution in [0.1, 0.15) is 31.2 Å². The van der Waals surface area contributed by atoms with Crippen molar-refractivity contribution in [2.45, 2.75) is 44.8 Å². The molecule has 6 heteroatoms. The van der Waals surface area contributed by atoms with Gasteiger partial charge in [0.15, 0.2) is 5.82 Å². The van der Waals surface area contributed by atoms with E-state index in [2.05, 4.69) is 20.6 Å². The van der Waals surface area contributed by atoms with Gasteiger partial charge in [-0.25, -0.2) is 4.98 Å². The van der Waals surface area contributed by atoms with E-state index in [4.69, 9.17) is 5.73 Å². The number of nitrogens with one attached hydrogen (secondary N) is 2. The number of nitrogens with zero attached hydrogens (tertiary/aromatic N) is 2. The van der Waals surface area contributed by atoms with Gasteiger partial charge in [-0.3, -0.25) is 0 Å². The van der Waals surface area contributed by atoms with E-state index in [1.54, 1.807) is 6.20 Å². The van der Waals surface area contributed by atoms with Crippen LogP contribution in [0, 0.1) is 6.92 Å². The Morgan fingerprint density at radius 3 is 2.52 bits per heavy atom. The molecular weight excluding hydrogens is 290 g/mol. The lowest BCUT2D eigenvalue weighted by Gasteiger charge is -2.26. The summed E-state index contributed by atoms with van der Waals surface area (Å²) in [6.07, 6.45) is 4.94. The van der Waals surface area contributed by atoms with Crippen LogP contribution in [0.4, 0.5) is 23.1 Å². The molecular formula is C17H23N5O. The normalized spacial score (nSPS) is 21.0. The first-order chi connectivity index (χ1) is 11.1. The van der Waals surface area contributed by atoms with E-state index in [0.717, 1.165) is 31.4 Å². The van der Waals surface area contributed by atoms with Gasteiger partial charge < -0.3 is 21.5 Å². The number of nitrogens with two attached hydrogens (primary N) is 1. The zero-order chi connectivity index (χ0) is 16.2. The van der Waals surface area contributed by atoms with Crippen molar-refractivity contribution >= 4 is 23.1 Å². The number of hydrogen-bond donors (Lipinski definition) is 4. The van der Waals surface area contributed by atoms with E-state index in [1.165, 1.54) is 5.56 Å². The van der Waals surface area contributed by atoms with Crippen molar-refractivity contribution in [2.24, 2.45) is 0 Å². The van der Waals surface area contributed by atoms with Gasteiger partial charge in [-0.2, -0.15) is 4.98 Å². The molecule has 1 aromatic heterocycles. The van der Waals surface area contributed by atoms with Crippen molar-refractivity contribution in [3.8, 4) is 0 Å². The second-order valence-corrected chi connectivity index (χ2v) is 6.14. The standard InChI is InChI=1S/C17H23N5O/c1-11-2-4-12(5-3-11)20-16-15(18)10-19-17(22-16)21-13-6-8-14(23)9-7-13/h2-5,10,13-14,23H,6-9,18H2,1H3,(H2,19,20,21,22). The van der Waals surface area contributed by atoms with Crippen LogP contribution in [0.15, 0.2) is 30.5 Å². The molecule has 1 aromatic carbocycles. The van der Waals surface area contributed by atoms with E-state index < -0.39 is 0 Å². The molecule has 2 aromatic rings. The molecule has 1 saturated carbocycles. The van der Waals surface area contributed by atoms with Gasteiger partial charge in [0.1, 0.15) is 0 Å². The van der Waals surface area contributed by atoms with Gasteiger partial charge in [0.05, 0.1) is 18.0 Å². The van der Waals surface area contributed by atoms with Crippen molar-refractivity contribution < 1.29 is 5.11 Å². The van der Waals surface area contributed by atoms with Crippen LogP contribution in [0.3, 0.4) is 0 Å². The van der Waals surface area contributed by atoms with Gasteiger partial charge in [0.25, 0.3) is 0 Å². The summed E-state index contributed by atoms with van der Waals surface area (Å²) in [6.45, 7) is 2.05. The molecule has 0 aliphatic heterocycles. The Morgan fingerprint density at radius 2 is 1.83 bits per heavy atom. The number of benzene rings is 1. The first-order valence-electron chi connectivity index (χ1n) is 8.01. The molecule has 0 bridgehead atoms. The first kappa shape index (κ1) is 15.6. The summed E-state index contributed by atoms with van der Waals surface area (Å²) in [7, 11) is 0. The van der Waals surface area contributed by atoms with E-state index in [-0.39, 0.29) is 6.10 Å². The van der Waals surface area contributed by atoms with Gasteiger partial charge in [0.2, 0.25) is 5.95 Å². The number of rotatable bonds is 4. The molecule has 0 saturated heterocycles. The molecule has 0 atom stereocenters. The second-order valence-electron chi connectivity index (χ2n) is 6.14. The van der Waals surface area contributed by atoms with Crippen LogP contribution >= 0.6 is 0 Å². The molecule has 5 N–H and O–H groups in total. The molecule has 3 rings (SSSR count). The maximum Gasteiger partial charge on any atom is 0.224 e. The Labute approximate surface area is 136 Å². The summed E-state index contributed by atoms with van der Waals surface area (Å²) in [6, 6.07) is 8.35. The predicted molar refractivity (Wildman–Crippen MR) is 92.8 cm³/mol. The minimum Gasteiger partial charge on any atom is -0.394 e. The summed E-state index contributed by atoms with van der Waals surface area (Å²) in [5.74, 6) is 1.16. The number of aromatic nitrogens is 2. The van der Waals surface area contributed by atoms with E-state index in [9.17, 15) is 5.11 Å². The van der Waals surface area contributed by atoms with Crippen LogP contribution in [0.25, 0.3) is 0 Å². The Bertz CT molecular complexity index is 651. The Balaban J connectivity index is 1.70. The average Bonchev–Trinajstić information content (AvgIpc) is 2.55. The van der Waals surface area contributed by atoms with Crippen molar-refractivity contribution in [1.29, 1.82) is 0 Å². The number of aryl methyl sites for hydroxylation is 1. The van der Waals surface area contributed by atoms with E-state index in [0.29, 0.717) is 23.5 Å². The lowest BCUT2D eigenvalue weighted by Crippen LogP contribution is -2.29. The number of aliphatic hydroxyl groups is 1. The summed E-state index contributed by atoms with van der Waals surface area (Å²) in [4.78, 5) is 8.74. The third-order valence-corrected chi connectivity index (χ3v) is 4.16. The Morgan fingerprint density at radius 1 is 1.13 bits per heavy atom. The highest BCUT2D eigenvalue weighted by Gasteiger charge is 2.20. The van der Waals surface area contributed by atoms with Gasteiger partial charge in [-0.05, 0) is 44.7 Å². The van der Waals surface area contributed by atoms with Crippen LogP contribution in [0.2, 0.25) is 0 Å².